The predicted octanol–water partition coefficient (Wildman–Crippen LogP) is 4.17. The van der Waals surface area contributed by atoms with E-state index in [2.05, 4.69) is 16.8 Å². The maximum Gasteiger partial charge on any atom is 0.228 e. The number of rotatable bonds is 7. The van der Waals surface area contributed by atoms with Crippen molar-refractivity contribution >= 4 is 22.7 Å². The number of aromatic nitrogens is 2. The summed E-state index contributed by atoms with van der Waals surface area (Å²) >= 11 is 0. The fourth-order valence-corrected chi connectivity index (χ4v) is 3.79. The number of piperidine rings is 1. The van der Waals surface area contributed by atoms with Crippen molar-refractivity contribution in [3.63, 3.8) is 0 Å². The molecular formula is C20H30N4O2. The molecule has 1 aromatic carbocycles. The first kappa shape index (κ1) is 18.5. The first-order valence-corrected chi connectivity index (χ1v) is 9.63. The molecule has 1 unspecified atom stereocenters. The van der Waals surface area contributed by atoms with E-state index in [1.165, 1.54) is 44.9 Å². The van der Waals surface area contributed by atoms with E-state index in [1.807, 2.05) is 12.1 Å². The summed E-state index contributed by atoms with van der Waals surface area (Å²) < 4.78 is 10.8. The number of nitrogens with two attached hydrogens (primary N) is 1. The highest BCUT2D eigenvalue weighted by molar-refractivity contribution is 5.91. The van der Waals surface area contributed by atoms with Crippen LogP contribution in [-0.4, -0.2) is 36.8 Å². The molecule has 2 N–H and O–H groups in total. The number of hydrogen-bond donors (Lipinski definition) is 1. The predicted molar refractivity (Wildman–Crippen MR) is 106 cm³/mol. The fourth-order valence-electron chi connectivity index (χ4n) is 3.79. The third-order valence-corrected chi connectivity index (χ3v) is 5.24. The van der Waals surface area contributed by atoms with Crippen molar-refractivity contribution in [1.82, 2.24) is 9.97 Å². The van der Waals surface area contributed by atoms with Gasteiger partial charge in [0.05, 0.1) is 19.7 Å². The largest absolute Gasteiger partial charge is 0.493 e. The number of benzene rings is 1. The third kappa shape index (κ3) is 3.79. The maximum absolute atomic E-state index is 6.27. The molecular weight excluding hydrogens is 328 g/mol. The molecule has 3 rings (SSSR count). The summed E-state index contributed by atoms with van der Waals surface area (Å²) in [6.45, 7) is 3.24. The SMILES string of the molecule is CCCCCC1CCCCN1c1nc(N)c2cc(OC)c(OC)cc2n1. The van der Waals surface area contributed by atoms with Crippen LogP contribution < -0.4 is 20.1 Å². The van der Waals surface area contributed by atoms with Crippen molar-refractivity contribution in [3.05, 3.63) is 12.1 Å². The molecule has 2 heterocycles. The molecule has 0 radical (unpaired) electrons. The minimum absolute atomic E-state index is 0.490. The number of fused-ring (bicyclic) bond motifs is 1. The van der Waals surface area contributed by atoms with Gasteiger partial charge >= 0.3 is 0 Å². The number of hydrogen-bond acceptors (Lipinski definition) is 6. The van der Waals surface area contributed by atoms with Crippen LogP contribution in [0.25, 0.3) is 10.9 Å². The summed E-state index contributed by atoms with van der Waals surface area (Å²) in [4.78, 5) is 11.8. The highest BCUT2D eigenvalue weighted by atomic mass is 16.5. The molecule has 2 aromatic rings. The van der Waals surface area contributed by atoms with E-state index >= 15 is 0 Å². The molecule has 6 heteroatoms. The van der Waals surface area contributed by atoms with Gasteiger partial charge in [-0.1, -0.05) is 26.2 Å². The van der Waals surface area contributed by atoms with Gasteiger partial charge in [0.15, 0.2) is 11.5 Å². The first-order chi connectivity index (χ1) is 12.7. The molecule has 0 saturated carbocycles. The van der Waals surface area contributed by atoms with E-state index in [0.717, 1.165) is 23.4 Å². The lowest BCUT2D eigenvalue weighted by Crippen LogP contribution is -2.40. The first-order valence-electron chi connectivity index (χ1n) is 9.63. The number of nitrogens with zero attached hydrogens (tertiary/aromatic N) is 3. The molecule has 1 aliphatic rings. The van der Waals surface area contributed by atoms with Crippen LogP contribution in [0.15, 0.2) is 12.1 Å². The minimum Gasteiger partial charge on any atom is -0.493 e. The Morgan fingerprint density at radius 3 is 2.62 bits per heavy atom. The molecule has 1 atom stereocenters. The topological polar surface area (TPSA) is 73.5 Å². The third-order valence-electron chi connectivity index (χ3n) is 5.24. The van der Waals surface area contributed by atoms with Crippen molar-refractivity contribution in [2.24, 2.45) is 0 Å². The fraction of sp³-hybridized carbons (Fsp3) is 0.600. The summed E-state index contributed by atoms with van der Waals surface area (Å²) in [6.07, 6.45) is 8.64. The quantitative estimate of drug-likeness (QED) is 0.749. The van der Waals surface area contributed by atoms with Gasteiger partial charge in [-0.25, -0.2) is 4.98 Å². The Morgan fingerprint density at radius 1 is 1.12 bits per heavy atom. The van der Waals surface area contributed by atoms with Crippen molar-refractivity contribution < 1.29 is 9.47 Å². The van der Waals surface area contributed by atoms with E-state index in [4.69, 9.17) is 20.2 Å². The number of ether oxygens (including phenoxy) is 2. The zero-order valence-electron chi connectivity index (χ0n) is 16.1. The second-order valence-electron chi connectivity index (χ2n) is 6.97. The van der Waals surface area contributed by atoms with Crippen LogP contribution in [0.3, 0.4) is 0 Å². The van der Waals surface area contributed by atoms with Crippen molar-refractivity contribution in [1.29, 1.82) is 0 Å². The molecule has 1 fully saturated rings. The Morgan fingerprint density at radius 2 is 1.88 bits per heavy atom. The highest BCUT2D eigenvalue weighted by Crippen LogP contribution is 2.35. The van der Waals surface area contributed by atoms with Crippen LogP contribution in [0.4, 0.5) is 11.8 Å². The van der Waals surface area contributed by atoms with E-state index in [9.17, 15) is 0 Å². The average molecular weight is 358 g/mol. The summed E-state index contributed by atoms with van der Waals surface area (Å²) in [7, 11) is 3.24. The molecule has 1 aromatic heterocycles. The zero-order chi connectivity index (χ0) is 18.5. The van der Waals surface area contributed by atoms with Crippen molar-refractivity contribution in [2.45, 2.75) is 57.9 Å². The van der Waals surface area contributed by atoms with Gasteiger partial charge in [0, 0.05) is 24.0 Å². The minimum atomic E-state index is 0.490. The van der Waals surface area contributed by atoms with E-state index in [-0.39, 0.29) is 0 Å². The molecule has 142 valence electrons. The highest BCUT2D eigenvalue weighted by Gasteiger charge is 2.25. The number of anilines is 2. The van der Waals surface area contributed by atoms with Crippen LogP contribution in [0.2, 0.25) is 0 Å². The van der Waals surface area contributed by atoms with E-state index in [1.54, 1.807) is 14.2 Å². The van der Waals surface area contributed by atoms with E-state index in [0.29, 0.717) is 23.4 Å². The van der Waals surface area contributed by atoms with Crippen LogP contribution in [0.1, 0.15) is 51.9 Å². The van der Waals surface area contributed by atoms with Gasteiger partial charge < -0.3 is 20.1 Å². The molecule has 6 nitrogen and oxygen atoms in total. The van der Waals surface area contributed by atoms with Gasteiger partial charge in [0.25, 0.3) is 0 Å². The molecule has 0 amide bonds. The Labute approximate surface area is 155 Å². The van der Waals surface area contributed by atoms with Gasteiger partial charge in [-0.05, 0) is 31.7 Å². The Hall–Kier alpha value is -2.24. The van der Waals surface area contributed by atoms with Gasteiger partial charge in [-0.15, -0.1) is 0 Å². The lowest BCUT2D eigenvalue weighted by Gasteiger charge is -2.36. The summed E-state index contributed by atoms with van der Waals surface area (Å²) in [5.74, 6) is 2.52. The smallest absolute Gasteiger partial charge is 0.228 e. The molecule has 0 bridgehead atoms. The maximum atomic E-state index is 6.27. The van der Waals surface area contributed by atoms with Gasteiger partial charge in [-0.3, -0.25) is 0 Å². The van der Waals surface area contributed by atoms with Crippen molar-refractivity contribution in [3.8, 4) is 11.5 Å². The molecule has 1 saturated heterocycles. The number of methoxy groups -OCH3 is 2. The number of unbranched alkanes of at least 4 members (excludes halogenated alkanes) is 2. The average Bonchev–Trinajstić information content (AvgIpc) is 2.67. The van der Waals surface area contributed by atoms with Gasteiger partial charge in [0.1, 0.15) is 5.82 Å². The molecule has 26 heavy (non-hydrogen) atoms. The Balaban J connectivity index is 1.95. The summed E-state index contributed by atoms with van der Waals surface area (Å²) in [5.41, 5.74) is 7.07. The Kier molecular flexibility index (Phi) is 6.01. The Bertz CT molecular complexity index is 750. The van der Waals surface area contributed by atoms with Crippen LogP contribution in [0, 0.1) is 0 Å². The van der Waals surface area contributed by atoms with Crippen LogP contribution in [-0.2, 0) is 0 Å². The normalized spacial score (nSPS) is 17.5. The van der Waals surface area contributed by atoms with Gasteiger partial charge in [-0.2, -0.15) is 4.98 Å². The lowest BCUT2D eigenvalue weighted by atomic mass is 9.97. The van der Waals surface area contributed by atoms with E-state index < -0.39 is 0 Å². The second-order valence-corrected chi connectivity index (χ2v) is 6.97. The molecule has 0 spiro atoms. The molecule has 1 aliphatic heterocycles. The second kappa shape index (κ2) is 8.43. The van der Waals surface area contributed by atoms with Crippen LogP contribution in [0.5, 0.6) is 11.5 Å². The summed E-state index contributed by atoms with van der Waals surface area (Å²) in [5, 5.41) is 0.797. The monoisotopic (exact) mass is 358 g/mol. The lowest BCUT2D eigenvalue weighted by molar-refractivity contribution is 0.356. The summed E-state index contributed by atoms with van der Waals surface area (Å²) in [6, 6.07) is 4.24. The van der Waals surface area contributed by atoms with Crippen LogP contribution >= 0.6 is 0 Å². The number of nitrogen functional groups attached to an aromatic ring is 1. The zero-order valence-corrected chi connectivity index (χ0v) is 16.1. The van der Waals surface area contributed by atoms with Crippen molar-refractivity contribution in [2.75, 3.05) is 31.4 Å². The standard InChI is InChI=1S/C20H30N4O2/c1-4-5-6-9-14-10-7-8-11-24(14)20-22-16-13-18(26-3)17(25-2)12-15(16)19(21)23-20/h12-14H,4-11H2,1-3H3,(H2,21,22,23). The molecule has 0 aliphatic carbocycles. The van der Waals surface area contributed by atoms with Gasteiger partial charge in [0.2, 0.25) is 5.95 Å².